The van der Waals surface area contributed by atoms with Crippen LogP contribution < -0.4 is 15.4 Å². The highest BCUT2D eigenvalue weighted by molar-refractivity contribution is 5.89. The highest BCUT2D eigenvalue weighted by Gasteiger charge is 2.34. The van der Waals surface area contributed by atoms with Crippen molar-refractivity contribution in [2.45, 2.75) is 32.6 Å². The summed E-state index contributed by atoms with van der Waals surface area (Å²) in [7, 11) is 1.63. The van der Waals surface area contributed by atoms with Gasteiger partial charge < -0.3 is 20.3 Å². The van der Waals surface area contributed by atoms with Crippen LogP contribution in [0.3, 0.4) is 0 Å². The molecule has 2 aromatic rings. The van der Waals surface area contributed by atoms with Crippen molar-refractivity contribution in [2.24, 2.45) is 5.92 Å². The van der Waals surface area contributed by atoms with Crippen molar-refractivity contribution in [3.8, 4) is 5.75 Å². The van der Waals surface area contributed by atoms with Gasteiger partial charge in [0.15, 0.2) is 0 Å². The van der Waals surface area contributed by atoms with Gasteiger partial charge in [-0.05, 0) is 34.4 Å². The quantitative estimate of drug-likeness (QED) is 0.760. The zero-order chi connectivity index (χ0) is 19.5. The van der Waals surface area contributed by atoms with E-state index in [2.05, 4.69) is 28.8 Å². The number of amides is 2. The molecule has 7 heteroatoms. The summed E-state index contributed by atoms with van der Waals surface area (Å²) >= 11 is 0. The molecule has 2 amide bonds. The molecule has 1 atom stereocenters. The highest BCUT2D eigenvalue weighted by atomic mass is 35.5. The lowest BCUT2D eigenvalue weighted by atomic mass is 10.1. The van der Waals surface area contributed by atoms with Crippen LogP contribution >= 0.6 is 12.4 Å². The van der Waals surface area contributed by atoms with E-state index in [-0.39, 0.29) is 36.6 Å². The zero-order valence-corrected chi connectivity index (χ0v) is 17.3. The molecule has 6 nitrogen and oxygen atoms in total. The average molecular weight is 416 g/mol. The van der Waals surface area contributed by atoms with E-state index in [4.69, 9.17) is 4.74 Å². The van der Waals surface area contributed by atoms with E-state index in [0.717, 1.165) is 30.0 Å². The molecule has 1 fully saturated rings. The van der Waals surface area contributed by atoms with Gasteiger partial charge in [0.1, 0.15) is 5.75 Å². The van der Waals surface area contributed by atoms with Gasteiger partial charge in [-0.3, -0.25) is 9.59 Å². The lowest BCUT2D eigenvalue weighted by Gasteiger charge is -2.17. The molecule has 1 saturated heterocycles. The molecule has 4 rings (SSSR count). The molecule has 0 radical (unpaired) electrons. The van der Waals surface area contributed by atoms with Crippen molar-refractivity contribution in [3.63, 3.8) is 0 Å². The maximum Gasteiger partial charge on any atom is 0.225 e. The van der Waals surface area contributed by atoms with Gasteiger partial charge in [-0.1, -0.05) is 30.3 Å². The first-order chi connectivity index (χ1) is 13.6. The number of benzene rings is 2. The summed E-state index contributed by atoms with van der Waals surface area (Å²) in [6.45, 7) is 3.27. The van der Waals surface area contributed by atoms with Gasteiger partial charge in [-0.2, -0.15) is 0 Å². The fraction of sp³-hybridized carbons (Fsp3) is 0.364. The normalized spacial score (nSPS) is 17.6. The smallest absolute Gasteiger partial charge is 0.225 e. The standard InChI is InChI=1S/C22H25N3O3.ClH/c1-28-20-6-3-15(4-7-20)13-25-14-19(9-21(25)26)22(27)24-10-16-2-5-17-11-23-12-18(17)8-16;/h2-8,19,23H,9-14H2,1H3,(H,24,27);1H. The number of likely N-dealkylation sites (tertiary alicyclic amines) is 1. The molecule has 0 aliphatic carbocycles. The average Bonchev–Trinajstić information content (AvgIpc) is 3.33. The van der Waals surface area contributed by atoms with Crippen LogP contribution in [0.1, 0.15) is 28.7 Å². The fourth-order valence-corrected chi connectivity index (χ4v) is 3.84. The Hall–Kier alpha value is -2.57. The van der Waals surface area contributed by atoms with Gasteiger partial charge in [0.05, 0.1) is 13.0 Å². The Morgan fingerprint density at radius 1 is 1.14 bits per heavy atom. The Morgan fingerprint density at radius 3 is 2.62 bits per heavy atom. The second-order valence-electron chi connectivity index (χ2n) is 7.45. The van der Waals surface area contributed by atoms with E-state index in [9.17, 15) is 9.59 Å². The highest BCUT2D eigenvalue weighted by Crippen LogP contribution is 2.22. The molecule has 2 aromatic carbocycles. The van der Waals surface area contributed by atoms with Crippen LogP contribution in [-0.2, 0) is 35.8 Å². The SMILES string of the molecule is COc1ccc(CN2CC(C(=O)NCc3ccc4c(c3)CNC4)CC2=O)cc1.Cl. The van der Waals surface area contributed by atoms with E-state index >= 15 is 0 Å². The first-order valence-corrected chi connectivity index (χ1v) is 9.62. The monoisotopic (exact) mass is 415 g/mol. The lowest BCUT2D eigenvalue weighted by molar-refractivity contribution is -0.129. The van der Waals surface area contributed by atoms with Gasteiger partial charge in [0, 0.05) is 39.1 Å². The molecule has 2 N–H and O–H groups in total. The number of methoxy groups -OCH3 is 1. The van der Waals surface area contributed by atoms with Crippen LogP contribution in [0.25, 0.3) is 0 Å². The van der Waals surface area contributed by atoms with Crippen molar-refractivity contribution in [3.05, 3.63) is 64.7 Å². The topological polar surface area (TPSA) is 70.7 Å². The summed E-state index contributed by atoms with van der Waals surface area (Å²) in [6.07, 6.45) is 0.274. The summed E-state index contributed by atoms with van der Waals surface area (Å²) in [5.74, 6) is 0.474. The number of hydrogen-bond donors (Lipinski definition) is 2. The Labute approximate surface area is 177 Å². The molecular formula is C22H26ClN3O3. The van der Waals surface area contributed by atoms with Crippen LogP contribution in [0.5, 0.6) is 5.75 Å². The molecule has 2 aliphatic rings. The molecule has 154 valence electrons. The number of carbonyl (C=O) groups excluding carboxylic acids is 2. The Bertz CT molecular complexity index is 885. The van der Waals surface area contributed by atoms with Crippen LogP contribution in [0, 0.1) is 5.92 Å². The van der Waals surface area contributed by atoms with Crippen LogP contribution in [-0.4, -0.2) is 30.4 Å². The minimum absolute atomic E-state index is 0. The number of hydrogen-bond acceptors (Lipinski definition) is 4. The third kappa shape index (κ3) is 4.89. The first-order valence-electron chi connectivity index (χ1n) is 9.62. The molecule has 2 aliphatic heterocycles. The number of fused-ring (bicyclic) bond motifs is 1. The van der Waals surface area contributed by atoms with Gasteiger partial charge in [-0.25, -0.2) is 0 Å². The molecule has 0 bridgehead atoms. The lowest BCUT2D eigenvalue weighted by Crippen LogP contribution is -2.32. The van der Waals surface area contributed by atoms with Gasteiger partial charge in [0.2, 0.25) is 11.8 Å². The van der Waals surface area contributed by atoms with Crippen molar-refractivity contribution in [1.29, 1.82) is 0 Å². The van der Waals surface area contributed by atoms with Crippen LogP contribution in [0.2, 0.25) is 0 Å². The number of nitrogens with zero attached hydrogens (tertiary/aromatic N) is 1. The van der Waals surface area contributed by atoms with Gasteiger partial charge >= 0.3 is 0 Å². The second-order valence-corrected chi connectivity index (χ2v) is 7.45. The fourth-order valence-electron chi connectivity index (χ4n) is 3.84. The summed E-state index contributed by atoms with van der Waals surface area (Å²) in [6, 6.07) is 14.0. The predicted octanol–water partition coefficient (Wildman–Crippen LogP) is 2.39. The molecule has 29 heavy (non-hydrogen) atoms. The number of rotatable bonds is 6. The maximum atomic E-state index is 12.6. The van der Waals surface area contributed by atoms with Crippen molar-refractivity contribution >= 4 is 24.2 Å². The van der Waals surface area contributed by atoms with E-state index < -0.39 is 0 Å². The van der Waals surface area contributed by atoms with Gasteiger partial charge in [-0.15, -0.1) is 12.4 Å². The van der Waals surface area contributed by atoms with E-state index in [1.165, 1.54) is 11.1 Å². The number of halogens is 1. The zero-order valence-electron chi connectivity index (χ0n) is 16.4. The first kappa shape index (κ1) is 21.1. The van der Waals surface area contributed by atoms with E-state index in [0.29, 0.717) is 19.6 Å². The van der Waals surface area contributed by atoms with Crippen molar-refractivity contribution < 1.29 is 14.3 Å². The van der Waals surface area contributed by atoms with Crippen LogP contribution in [0.4, 0.5) is 0 Å². The molecule has 0 spiro atoms. The number of ether oxygens (including phenoxy) is 1. The van der Waals surface area contributed by atoms with Gasteiger partial charge in [0.25, 0.3) is 0 Å². The Morgan fingerprint density at radius 2 is 1.86 bits per heavy atom. The Kier molecular flexibility index (Phi) is 6.77. The minimum atomic E-state index is -0.290. The number of carbonyl (C=O) groups is 2. The maximum absolute atomic E-state index is 12.6. The molecular weight excluding hydrogens is 390 g/mol. The van der Waals surface area contributed by atoms with E-state index in [1.54, 1.807) is 12.0 Å². The van der Waals surface area contributed by atoms with Crippen molar-refractivity contribution in [1.82, 2.24) is 15.5 Å². The molecule has 0 aromatic heterocycles. The van der Waals surface area contributed by atoms with Crippen molar-refractivity contribution in [2.75, 3.05) is 13.7 Å². The molecule has 0 saturated carbocycles. The summed E-state index contributed by atoms with van der Waals surface area (Å²) in [4.78, 5) is 26.7. The second kappa shape index (κ2) is 9.29. The largest absolute Gasteiger partial charge is 0.497 e. The third-order valence-corrected chi connectivity index (χ3v) is 5.49. The number of nitrogens with one attached hydrogen (secondary N) is 2. The molecule has 2 heterocycles. The summed E-state index contributed by atoms with van der Waals surface area (Å²) in [5, 5.41) is 6.32. The van der Waals surface area contributed by atoms with Crippen LogP contribution in [0.15, 0.2) is 42.5 Å². The Balaban J connectivity index is 0.00000240. The van der Waals surface area contributed by atoms with E-state index in [1.807, 2.05) is 24.3 Å². The summed E-state index contributed by atoms with van der Waals surface area (Å²) in [5.41, 5.74) is 4.75. The molecule has 1 unspecified atom stereocenters. The third-order valence-electron chi connectivity index (χ3n) is 5.49. The summed E-state index contributed by atoms with van der Waals surface area (Å²) < 4.78 is 5.16. The minimum Gasteiger partial charge on any atom is -0.497 e. The predicted molar refractivity (Wildman–Crippen MR) is 113 cm³/mol.